The Morgan fingerprint density at radius 1 is 1.44 bits per heavy atom. The number of aliphatic carboxylic acids is 1. The van der Waals surface area contributed by atoms with E-state index < -0.39 is 17.6 Å². The van der Waals surface area contributed by atoms with Crippen molar-refractivity contribution < 1.29 is 14.7 Å². The van der Waals surface area contributed by atoms with Crippen LogP contribution in [0.4, 0.5) is 0 Å². The highest BCUT2D eigenvalue weighted by atomic mass is 16.4. The van der Waals surface area contributed by atoms with E-state index in [1.807, 2.05) is 6.92 Å². The molecule has 1 aliphatic rings. The summed E-state index contributed by atoms with van der Waals surface area (Å²) in [6, 6.07) is -0.536. The van der Waals surface area contributed by atoms with Crippen LogP contribution in [0.25, 0.3) is 0 Å². The summed E-state index contributed by atoms with van der Waals surface area (Å²) in [6.45, 7) is 1.84. The number of carboxylic acid groups (broad SMARTS) is 1. The first-order chi connectivity index (χ1) is 7.49. The Balaban J connectivity index is 2.64. The lowest BCUT2D eigenvalue weighted by molar-refractivity contribution is -0.139. The second kappa shape index (κ2) is 5.30. The first-order valence-corrected chi connectivity index (χ1v) is 5.78. The molecule has 5 heteroatoms. The van der Waals surface area contributed by atoms with Gasteiger partial charge in [0.2, 0.25) is 5.91 Å². The summed E-state index contributed by atoms with van der Waals surface area (Å²) in [5.41, 5.74) is 5.07. The Morgan fingerprint density at radius 3 is 2.44 bits per heavy atom. The number of carbonyl (C=O) groups excluding carboxylic acids is 1. The number of amides is 1. The van der Waals surface area contributed by atoms with Crippen LogP contribution in [0.1, 0.15) is 45.4 Å². The van der Waals surface area contributed by atoms with E-state index in [-0.39, 0.29) is 12.3 Å². The van der Waals surface area contributed by atoms with E-state index in [2.05, 4.69) is 5.32 Å². The van der Waals surface area contributed by atoms with E-state index >= 15 is 0 Å². The standard InChI is InChI=1S/C11H20N2O3/c1-2-8(12)10(16)13-11(7-9(14)15)5-3-4-6-11/h8H,2-7,12H2,1H3,(H,13,16)(H,14,15)/t8-/m0/s1. The van der Waals surface area contributed by atoms with Gasteiger partial charge < -0.3 is 16.2 Å². The van der Waals surface area contributed by atoms with Gasteiger partial charge in [-0.2, -0.15) is 0 Å². The van der Waals surface area contributed by atoms with Gasteiger partial charge in [-0.3, -0.25) is 9.59 Å². The van der Waals surface area contributed by atoms with Gasteiger partial charge >= 0.3 is 5.97 Å². The molecule has 0 unspecified atom stereocenters. The summed E-state index contributed by atoms with van der Waals surface area (Å²) in [6.07, 6.45) is 3.97. The summed E-state index contributed by atoms with van der Waals surface area (Å²) < 4.78 is 0. The maximum Gasteiger partial charge on any atom is 0.305 e. The van der Waals surface area contributed by atoms with Crippen LogP contribution in [0.3, 0.4) is 0 Å². The van der Waals surface area contributed by atoms with Crippen LogP contribution in [-0.4, -0.2) is 28.6 Å². The van der Waals surface area contributed by atoms with Crippen LogP contribution >= 0.6 is 0 Å². The molecule has 1 amide bonds. The Labute approximate surface area is 95.4 Å². The molecule has 5 nitrogen and oxygen atoms in total. The molecule has 0 bridgehead atoms. The molecule has 0 spiro atoms. The van der Waals surface area contributed by atoms with Crippen LogP contribution in [0.15, 0.2) is 0 Å². The molecule has 0 aromatic rings. The zero-order valence-electron chi connectivity index (χ0n) is 9.66. The lowest BCUT2D eigenvalue weighted by Crippen LogP contribution is -2.53. The van der Waals surface area contributed by atoms with Crippen molar-refractivity contribution >= 4 is 11.9 Å². The summed E-state index contributed by atoms with van der Waals surface area (Å²) in [4.78, 5) is 22.5. The maximum atomic E-state index is 11.7. The smallest absolute Gasteiger partial charge is 0.305 e. The third-order valence-electron chi connectivity index (χ3n) is 3.22. The van der Waals surface area contributed by atoms with Crippen molar-refractivity contribution in [1.29, 1.82) is 0 Å². The summed E-state index contributed by atoms with van der Waals surface area (Å²) in [7, 11) is 0. The molecular weight excluding hydrogens is 208 g/mol. The molecule has 0 aliphatic heterocycles. The fourth-order valence-corrected chi connectivity index (χ4v) is 2.23. The van der Waals surface area contributed by atoms with Crippen LogP contribution in [0.2, 0.25) is 0 Å². The van der Waals surface area contributed by atoms with Gasteiger partial charge in [0.1, 0.15) is 0 Å². The summed E-state index contributed by atoms with van der Waals surface area (Å²) >= 11 is 0. The van der Waals surface area contributed by atoms with Gasteiger partial charge in [0.15, 0.2) is 0 Å². The van der Waals surface area contributed by atoms with E-state index in [9.17, 15) is 9.59 Å². The molecule has 0 radical (unpaired) electrons. The Bertz CT molecular complexity index is 272. The van der Waals surface area contributed by atoms with Crippen LogP contribution < -0.4 is 11.1 Å². The average Bonchev–Trinajstić information content (AvgIpc) is 2.63. The zero-order valence-corrected chi connectivity index (χ0v) is 9.66. The zero-order chi connectivity index (χ0) is 12.2. The highest BCUT2D eigenvalue weighted by molar-refractivity contribution is 5.83. The Kier molecular flexibility index (Phi) is 4.29. The predicted octanol–water partition coefficient (Wildman–Crippen LogP) is 0.627. The highest BCUT2D eigenvalue weighted by Gasteiger charge is 2.38. The molecule has 92 valence electrons. The molecule has 0 saturated heterocycles. The van der Waals surface area contributed by atoms with Crippen molar-refractivity contribution in [2.75, 3.05) is 0 Å². The largest absolute Gasteiger partial charge is 0.481 e. The van der Waals surface area contributed by atoms with E-state index in [1.165, 1.54) is 0 Å². The number of carbonyl (C=O) groups is 2. The summed E-state index contributed by atoms with van der Waals surface area (Å²) in [5.74, 6) is -1.10. The van der Waals surface area contributed by atoms with Gasteiger partial charge in [-0.1, -0.05) is 19.8 Å². The number of hydrogen-bond donors (Lipinski definition) is 3. The minimum Gasteiger partial charge on any atom is -0.481 e. The molecule has 1 saturated carbocycles. The number of nitrogens with one attached hydrogen (secondary N) is 1. The topological polar surface area (TPSA) is 92.4 Å². The van der Waals surface area contributed by atoms with Crippen LogP contribution in [0, 0.1) is 0 Å². The third-order valence-corrected chi connectivity index (χ3v) is 3.22. The van der Waals surface area contributed by atoms with E-state index in [4.69, 9.17) is 10.8 Å². The number of carboxylic acids is 1. The molecule has 4 N–H and O–H groups in total. The average molecular weight is 228 g/mol. The SMILES string of the molecule is CC[C@H](N)C(=O)NC1(CC(=O)O)CCCC1. The second-order valence-electron chi connectivity index (χ2n) is 4.56. The Hall–Kier alpha value is -1.10. The molecule has 1 rings (SSSR count). The van der Waals surface area contributed by atoms with Gasteiger partial charge in [-0.25, -0.2) is 0 Å². The van der Waals surface area contributed by atoms with Crippen molar-refractivity contribution in [1.82, 2.24) is 5.32 Å². The first kappa shape index (κ1) is 13.0. The van der Waals surface area contributed by atoms with Gasteiger partial charge in [0.05, 0.1) is 18.0 Å². The molecule has 1 atom stereocenters. The monoisotopic (exact) mass is 228 g/mol. The number of rotatable bonds is 5. The maximum absolute atomic E-state index is 11.7. The molecule has 0 aromatic heterocycles. The van der Waals surface area contributed by atoms with Crippen molar-refractivity contribution in [3.8, 4) is 0 Å². The second-order valence-corrected chi connectivity index (χ2v) is 4.56. The molecular formula is C11H20N2O3. The van der Waals surface area contributed by atoms with E-state index in [1.54, 1.807) is 0 Å². The van der Waals surface area contributed by atoms with E-state index in [0.29, 0.717) is 6.42 Å². The Morgan fingerprint density at radius 2 is 2.00 bits per heavy atom. The van der Waals surface area contributed by atoms with Crippen LogP contribution in [0.5, 0.6) is 0 Å². The normalized spacial score (nSPS) is 20.4. The fraction of sp³-hybridized carbons (Fsp3) is 0.818. The minimum absolute atomic E-state index is 0.00479. The fourth-order valence-electron chi connectivity index (χ4n) is 2.23. The van der Waals surface area contributed by atoms with Crippen molar-refractivity contribution in [3.05, 3.63) is 0 Å². The van der Waals surface area contributed by atoms with Gasteiger partial charge in [0.25, 0.3) is 0 Å². The van der Waals surface area contributed by atoms with E-state index in [0.717, 1.165) is 25.7 Å². The molecule has 16 heavy (non-hydrogen) atoms. The third kappa shape index (κ3) is 3.20. The predicted molar refractivity (Wildman–Crippen MR) is 59.9 cm³/mol. The lowest BCUT2D eigenvalue weighted by Gasteiger charge is -2.29. The van der Waals surface area contributed by atoms with Crippen LogP contribution in [-0.2, 0) is 9.59 Å². The molecule has 0 aromatic carbocycles. The van der Waals surface area contributed by atoms with Gasteiger partial charge in [0, 0.05) is 0 Å². The first-order valence-electron chi connectivity index (χ1n) is 5.78. The molecule has 1 aliphatic carbocycles. The molecule has 0 heterocycles. The number of hydrogen-bond acceptors (Lipinski definition) is 3. The van der Waals surface area contributed by atoms with Crippen molar-refractivity contribution in [3.63, 3.8) is 0 Å². The quantitative estimate of drug-likeness (QED) is 0.643. The molecule has 1 fully saturated rings. The van der Waals surface area contributed by atoms with Crippen molar-refractivity contribution in [2.24, 2.45) is 5.73 Å². The summed E-state index contributed by atoms with van der Waals surface area (Å²) in [5, 5.41) is 11.7. The highest BCUT2D eigenvalue weighted by Crippen LogP contribution is 2.32. The van der Waals surface area contributed by atoms with Gasteiger partial charge in [-0.05, 0) is 19.3 Å². The number of nitrogens with two attached hydrogens (primary N) is 1. The van der Waals surface area contributed by atoms with Gasteiger partial charge in [-0.15, -0.1) is 0 Å². The minimum atomic E-state index is -0.868. The van der Waals surface area contributed by atoms with Crippen molar-refractivity contribution in [2.45, 2.75) is 57.0 Å². The lowest BCUT2D eigenvalue weighted by atomic mass is 9.92.